The molecule has 5 nitrogen and oxygen atoms in total. The van der Waals surface area contributed by atoms with Gasteiger partial charge in [-0.3, -0.25) is 4.79 Å². The molecule has 1 aromatic carbocycles. The normalized spacial score (nSPS) is 9.00. The summed E-state index contributed by atoms with van der Waals surface area (Å²) in [6, 6.07) is 3.63. The number of phenols is 1. The van der Waals surface area contributed by atoms with E-state index in [1.54, 1.807) is 0 Å². The van der Waals surface area contributed by atoms with Gasteiger partial charge in [0.1, 0.15) is 12.2 Å². The Morgan fingerprint density at radius 1 is 1.25 bits per heavy atom. The molecule has 0 bridgehead atoms. The molecule has 0 aliphatic heterocycles. The van der Waals surface area contributed by atoms with E-state index in [-0.39, 0.29) is 23.3 Å². The highest BCUT2D eigenvalue weighted by atomic mass is 16.4. The van der Waals surface area contributed by atoms with Crippen LogP contribution >= 0.6 is 0 Å². The van der Waals surface area contributed by atoms with Crippen molar-refractivity contribution in [2.75, 3.05) is 0 Å². The molecule has 0 aliphatic carbocycles. The second kappa shape index (κ2) is 4.84. The maximum atomic E-state index is 10.6. The molecule has 0 heterocycles. The van der Waals surface area contributed by atoms with E-state index < -0.39 is 11.9 Å². The first-order valence-electron chi connectivity index (χ1n) is 4.27. The maximum Gasteiger partial charge on any atom is 0.335 e. The van der Waals surface area contributed by atoms with Crippen molar-refractivity contribution in [3.63, 3.8) is 0 Å². The largest absolute Gasteiger partial charge is 0.507 e. The van der Waals surface area contributed by atoms with Crippen molar-refractivity contribution >= 4 is 11.9 Å². The predicted octanol–water partition coefficient (Wildman–Crippen LogP) is 0.917. The standard InChI is InChI=1S/C11H8O5/c12-9-5-4-8(11(15)16)6-7(9)2-1-3-10(13)14/h4-6,12H,3H2,(H,13,14)(H,15,16). The van der Waals surface area contributed by atoms with Crippen molar-refractivity contribution in [2.45, 2.75) is 6.42 Å². The zero-order valence-electron chi connectivity index (χ0n) is 8.10. The zero-order chi connectivity index (χ0) is 12.1. The van der Waals surface area contributed by atoms with E-state index in [0.29, 0.717) is 0 Å². The van der Waals surface area contributed by atoms with Crippen LogP contribution in [0.5, 0.6) is 5.75 Å². The van der Waals surface area contributed by atoms with Gasteiger partial charge < -0.3 is 15.3 Å². The quantitative estimate of drug-likeness (QED) is 0.644. The van der Waals surface area contributed by atoms with E-state index in [1.807, 2.05) is 0 Å². The summed E-state index contributed by atoms with van der Waals surface area (Å²) in [6.07, 6.45) is -0.364. The van der Waals surface area contributed by atoms with Gasteiger partial charge in [0.25, 0.3) is 0 Å². The van der Waals surface area contributed by atoms with Crippen LogP contribution < -0.4 is 0 Å². The lowest BCUT2D eigenvalue weighted by atomic mass is 10.1. The minimum absolute atomic E-state index is 0.0163. The average molecular weight is 220 g/mol. The molecular formula is C11H8O5. The monoisotopic (exact) mass is 220 g/mol. The number of aromatic carboxylic acids is 1. The van der Waals surface area contributed by atoms with Crippen LogP contribution in [0.25, 0.3) is 0 Å². The number of rotatable bonds is 2. The average Bonchev–Trinajstić information content (AvgIpc) is 2.20. The number of carbonyl (C=O) groups is 2. The Bertz CT molecular complexity index is 493. The Morgan fingerprint density at radius 2 is 1.94 bits per heavy atom. The molecule has 5 heteroatoms. The SMILES string of the molecule is O=C(O)CC#Cc1cc(C(=O)O)ccc1O. The summed E-state index contributed by atoms with van der Waals surface area (Å²) >= 11 is 0. The number of aromatic hydroxyl groups is 1. The van der Waals surface area contributed by atoms with E-state index in [9.17, 15) is 14.7 Å². The predicted molar refractivity (Wildman–Crippen MR) is 54.2 cm³/mol. The van der Waals surface area contributed by atoms with E-state index >= 15 is 0 Å². The second-order valence-electron chi connectivity index (χ2n) is 2.91. The van der Waals surface area contributed by atoms with Crippen molar-refractivity contribution in [1.82, 2.24) is 0 Å². The fourth-order valence-electron chi connectivity index (χ4n) is 0.984. The summed E-state index contributed by atoms with van der Waals surface area (Å²) in [5.41, 5.74) is 0.0820. The van der Waals surface area contributed by atoms with Crippen molar-refractivity contribution in [3.8, 4) is 17.6 Å². The van der Waals surface area contributed by atoms with Gasteiger partial charge in [-0.1, -0.05) is 11.8 Å². The highest BCUT2D eigenvalue weighted by Gasteiger charge is 2.05. The van der Waals surface area contributed by atoms with E-state index in [1.165, 1.54) is 18.2 Å². The fraction of sp³-hybridized carbons (Fsp3) is 0.0909. The summed E-state index contributed by atoms with van der Waals surface area (Å²) in [5.74, 6) is 2.30. The molecule has 0 saturated carbocycles. The molecule has 0 aliphatic rings. The molecule has 0 saturated heterocycles. The lowest BCUT2D eigenvalue weighted by molar-refractivity contribution is -0.135. The summed E-state index contributed by atoms with van der Waals surface area (Å²) in [4.78, 5) is 20.8. The van der Waals surface area contributed by atoms with Gasteiger partial charge in [-0.2, -0.15) is 0 Å². The zero-order valence-corrected chi connectivity index (χ0v) is 8.10. The van der Waals surface area contributed by atoms with E-state index in [0.717, 1.165) is 0 Å². The first-order chi connectivity index (χ1) is 7.50. The number of hydrogen-bond donors (Lipinski definition) is 3. The highest BCUT2D eigenvalue weighted by Crippen LogP contribution is 2.17. The first kappa shape index (κ1) is 11.6. The number of benzene rings is 1. The molecule has 16 heavy (non-hydrogen) atoms. The Kier molecular flexibility index (Phi) is 3.51. The van der Waals surface area contributed by atoms with Crippen LogP contribution in [0.3, 0.4) is 0 Å². The van der Waals surface area contributed by atoms with E-state index in [2.05, 4.69) is 11.8 Å². The van der Waals surface area contributed by atoms with Gasteiger partial charge in [0.15, 0.2) is 0 Å². The van der Waals surface area contributed by atoms with Gasteiger partial charge in [-0.15, -0.1) is 0 Å². The third-order valence-electron chi connectivity index (χ3n) is 1.71. The van der Waals surface area contributed by atoms with Crippen LogP contribution in [0.1, 0.15) is 22.3 Å². The fourth-order valence-corrected chi connectivity index (χ4v) is 0.984. The van der Waals surface area contributed by atoms with Crippen molar-refractivity contribution in [1.29, 1.82) is 0 Å². The molecule has 0 spiro atoms. The van der Waals surface area contributed by atoms with Gasteiger partial charge >= 0.3 is 11.9 Å². The Morgan fingerprint density at radius 3 is 2.50 bits per heavy atom. The number of phenolic OH excluding ortho intramolecular Hbond substituents is 1. The molecule has 0 radical (unpaired) electrons. The molecule has 0 unspecified atom stereocenters. The lowest BCUT2D eigenvalue weighted by Gasteiger charge is -1.98. The minimum atomic E-state index is -1.14. The molecule has 1 aromatic rings. The molecule has 0 amide bonds. The Balaban J connectivity index is 3.01. The highest BCUT2D eigenvalue weighted by molar-refractivity contribution is 5.88. The van der Waals surface area contributed by atoms with Gasteiger partial charge in [-0.05, 0) is 18.2 Å². The van der Waals surface area contributed by atoms with Crippen molar-refractivity contribution in [3.05, 3.63) is 29.3 Å². The number of carboxylic acid groups (broad SMARTS) is 2. The second-order valence-corrected chi connectivity index (χ2v) is 2.91. The third-order valence-corrected chi connectivity index (χ3v) is 1.71. The van der Waals surface area contributed by atoms with Gasteiger partial charge in [0.05, 0.1) is 11.1 Å². The molecule has 3 N–H and O–H groups in total. The molecule has 1 rings (SSSR count). The summed E-state index contributed by atoms with van der Waals surface area (Å²) in [7, 11) is 0. The van der Waals surface area contributed by atoms with Crippen LogP contribution in [0.2, 0.25) is 0 Å². The van der Waals surface area contributed by atoms with Gasteiger partial charge in [0, 0.05) is 0 Å². The Hall–Kier alpha value is -2.48. The number of aliphatic carboxylic acids is 1. The van der Waals surface area contributed by atoms with Crippen LogP contribution in [0.4, 0.5) is 0 Å². The molecule has 0 atom stereocenters. The third kappa shape index (κ3) is 3.03. The van der Waals surface area contributed by atoms with Gasteiger partial charge in [0.2, 0.25) is 0 Å². The maximum absolute atomic E-state index is 10.6. The Labute approximate surface area is 91.0 Å². The van der Waals surface area contributed by atoms with E-state index in [4.69, 9.17) is 10.2 Å². The minimum Gasteiger partial charge on any atom is -0.507 e. The molecule has 0 aromatic heterocycles. The molecule has 0 fully saturated rings. The smallest absolute Gasteiger partial charge is 0.335 e. The van der Waals surface area contributed by atoms with Crippen LogP contribution in [-0.4, -0.2) is 27.3 Å². The van der Waals surface area contributed by atoms with Crippen LogP contribution in [-0.2, 0) is 4.79 Å². The van der Waals surface area contributed by atoms with Crippen molar-refractivity contribution < 1.29 is 24.9 Å². The van der Waals surface area contributed by atoms with Crippen molar-refractivity contribution in [2.24, 2.45) is 0 Å². The number of hydrogen-bond acceptors (Lipinski definition) is 3. The molecule has 82 valence electrons. The van der Waals surface area contributed by atoms with Crippen LogP contribution in [0, 0.1) is 11.8 Å². The van der Waals surface area contributed by atoms with Crippen LogP contribution in [0.15, 0.2) is 18.2 Å². The topological polar surface area (TPSA) is 94.8 Å². The summed E-state index contributed by atoms with van der Waals surface area (Å²) in [5, 5.41) is 26.4. The molecular weight excluding hydrogens is 212 g/mol. The summed E-state index contributed by atoms with van der Waals surface area (Å²) < 4.78 is 0. The lowest BCUT2D eigenvalue weighted by Crippen LogP contribution is -1.96. The number of carboxylic acids is 2. The summed E-state index contributed by atoms with van der Waals surface area (Å²) in [6.45, 7) is 0. The first-order valence-corrected chi connectivity index (χ1v) is 4.27. The van der Waals surface area contributed by atoms with Gasteiger partial charge in [-0.25, -0.2) is 4.79 Å².